The van der Waals surface area contributed by atoms with Crippen molar-refractivity contribution in [3.05, 3.63) is 35.4 Å². The molecule has 0 saturated heterocycles. The minimum Gasteiger partial charge on any atom is -0.385 e. The van der Waals surface area contributed by atoms with Gasteiger partial charge < -0.3 is 10.1 Å². The molecule has 0 aromatic heterocycles. The lowest BCUT2D eigenvalue weighted by Crippen LogP contribution is -2.25. The van der Waals surface area contributed by atoms with Crippen LogP contribution in [0.15, 0.2) is 24.3 Å². The molecule has 0 radical (unpaired) electrons. The van der Waals surface area contributed by atoms with Gasteiger partial charge in [0.2, 0.25) is 5.91 Å². The van der Waals surface area contributed by atoms with Gasteiger partial charge in [-0.2, -0.15) is 0 Å². The van der Waals surface area contributed by atoms with Crippen molar-refractivity contribution in [1.82, 2.24) is 5.32 Å². The summed E-state index contributed by atoms with van der Waals surface area (Å²) in [6, 6.07) is 7.66. The molecule has 0 aliphatic rings. The highest BCUT2D eigenvalue weighted by molar-refractivity contribution is 5.97. The van der Waals surface area contributed by atoms with Crippen molar-refractivity contribution in [3.63, 3.8) is 0 Å². The molecule has 0 aliphatic heterocycles. The third-order valence-electron chi connectivity index (χ3n) is 3.50. The number of ether oxygens (including phenoxy) is 1. The standard InChI is InChI=1S/C18H27NO3/c1-18(2,3)15-8-6-14(7-9-15)16(20)10-11-17(21)19-12-5-13-22-4/h6-9H,5,10-13H2,1-4H3,(H,19,21). The molecule has 1 N–H and O–H groups in total. The molecule has 1 rings (SSSR count). The fraction of sp³-hybridized carbons (Fsp3) is 0.556. The van der Waals surface area contributed by atoms with Crippen molar-refractivity contribution in [1.29, 1.82) is 0 Å². The summed E-state index contributed by atoms with van der Waals surface area (Å²) in [5.74, 6) is -0.0803. The molecule has 0 fully saturated rings. The second-order valence-corrected chi connectivity index (χ2v) is 6.45. The number of methoxy groups -OCH3 is 1. The summed E-state index contributed by atoms with van der Waals surface area (Å²) in [6.45, 7) is 7.62. The van der Waals surface area contributed by atoms with Gasteiger partial charge in [-0.3, -0.25) is 9.59 Å². The van der Waals surface area contributed by atoms with Crippen LogP contribution in [-0.4, -0.2) is 32.0 Å². The van der Waals surface area contributed by atoms with Crippen molar-refractivity contribution in [2.24, 2.45) is 0 Å². The van der Waals surface area contributed by atoms with E-state index in [1.807, 2.05) is 24.3 Å². The van der Waals surface area contributed by atoms with Crippen LogP contribution < -0.4 is 5.32 Å². The number of nitrogens with one attached hydrogen (secondary N) is 1. The molecule has 1 aromatic carbocycles. The maximum absolute atomic E-state index is 12.1. The van der Waals surface area contributed by atoms with Crippen LogP contribution >= 0.6 is 0 Å². The maximum atomic E-state index is 12.1. The van der Waals surface area contributed by atoms with Crippen molar-refractivity contribution >= 4 is 11.7 Å². The second kappa shape index (κ2) is 8.69. The number of Topliss-reactive ketones (excluding diaryl/α,β-unsaturated/α-hetero) is 1. The molecule has 4 heteroatoms. The zero-order valence-corrected chi connectivity index (χ0v) is 14.1. The van der Waals surface area contributed by atoms with Crippen molar-refractivity contribution in [2.75, 3.05) is 20.3 Å². The predicted molar refractivity (Wildman–Crippen MR) is 88.2 cm³/mol. The molecule has 122 valence electrons. The lowest BCUT2D eigenvalue weighted by atomic mass is 9.86. The van der Waals surface area contributed by atoms with E-state index in [0.29, 0.717) is 18.7 Å². The summed E-state index contributed by atoms with van der Waals surface area (Å²) in [4.78, 5) is 23.7. The Labute approximate surface area is 133 Å². The van der Waals surface area contributed by atoms with E-state index in [4.69, 9.17) is 4.74 Å². The van der Waals surface area contributed by atoms with Crippen LogP contribution in [0.25, 0.3) is 0 Å². The number of carbonyl (C=O) groups excluding carboxylic acids is 2. The van der Waals surface area contributed by atoms with Gasteiger partial charge in [0.1, 0.15) is 0 Å². The van der Waals surface area contributed by atoms with Crippen LogP contribution in [0.3, 0.4) is 0 Å². The predicted octanol–water partition coefficient (Wildman–Crippen LogP) is 3.10. The number of amides is 1. The highest BCUT2D eigenvalue weighted by Crippen LogP contribution is 2.22. The number of benzene rings is 1. The SMILES string of the molecule is COCCCNC(=O)CCC(=O)c1ccc(C(C)(C)C)cc1. The first-order chi connectivity index (χ1) is 10.3. The Hall–Kier alpha value is -1.68. The number of ketones is 1. The van der Waals surface area contributed by atoms with E-state index >= 15 is 0 Å². The molecule has 0 spiro atoms. The Balaban J connectivity index is 2.40. The first-order valence-electron chi connectivity index (χ1n) is 7.74. The van der Waals surface area contributed by atoms with Crippen LogP contribution in [0.2, 0.25) is 0 Å². The summed E-state index contributed by atoms with van der Waals surface area (Å²) in [6.07, 6.45) is 1.25. The molecule has 0 atom stereocenters. The molecular formula is C18H27NO3. The highest BCUT2D eigenvalue weighted by Gasteiger charge is 2.14. The summed E-state index contributed by atoms with van der Waals surface area (Å²) in [5, 5.41) is 2.78. The third-order valence-corrected chi connectivity index (χ3v) is 3.50. The molecule has 1 amide bonds. The summed E-state index contributed by atoms with van der Waals surface area (Å²) in [5.41, 5.74) is 1.93. The lowest BCUT2D eigenvalue weighted by molar-refractivity contribution is -0.121. The molecule has 1 aromatic rings. The Morgan fingerprint density at radius 2 is 1.73 bits per heavy atom. The maximum Gasteiger partial charge on any atom is 0.220 e. The lowest BCUT2D eigenvalue weighted by Gasteiger charge is -2.18. The monoisotopic (exact) mass is 305 g/mol. The first-order valence-corrected chi connectivity index (χ1v) is 7.74. The van der Waals surface area contributed by atoms with Gasteiger partial charge in [0.05, 0.1) is 0 Å². The van der Waals surface area contributed by atoms with Gasteiger partial charge in [-0.05, 0) is 17.4 Å². The second-order valence-electron chi connectivity index (χ2n) is 6.45. The van der Waals surface area contributed by atoms with Gasteiger partial charge in [0.25, 0.3) is 0 Å². The highest BCUT2D eigenvalue weighted by atomic mass is 16.5. The Morgan fingerprint density at radius 3 is 2.27 bits per heavy atom. The molecule has 4 nitrogen and oxygen atoms in total. The van der Waals surface area contributed by atoms with Gasteiger partial charge in [0.15, 0.2) is 5.78 Å². The fourth-order valence-corrected chi connectivity index (χ4v) is 2.06. The van der Waals surface area contributed by atoms with E-state index in [1.54, 1.807) is 7.11 Å². The molecule has 0 unspecified atom stereocenters. The Kier molecular flexibility index (Phi) is 7.25. The molecule has 22 heavy (non-hydrogen) atoms. The largest absolute Gasteiger partial charge is 0.385 e. The Morgan fingerprint density at radius 1 is 1.09 bits per heavy atom. The summed E-state index contributed by atoms with van der Waals surface area (Å²) in [7, 11) is 1.63. The van der Waals surface area contributed by atoms with E-state index in [1.165, 1.54) is 5.56 Å². The molecule has 0 saturated carbocycles. The first kappa shape index (κ1) is 18.4. The minimum atomic E-state index is -0.0873. The van der Waals surface area contributed by atoms with E-state index in [-0.39, 0.29) is 29.9 Å². The number of carbonyl (C=O) groups is 2. The van der Waals surface area contributed by atoms with E-state index in [9.17, 15) is 9.59 Å². The van der Waals surface area contributed by atoms with E-state index in [2.05, 4.69) is 26.1 Å². The molecule has 0 aliphatic carbocycles. The van der Waals surface area contributed by atoms with Crippen molar-refractivity contribution < 1.29 is 14.3 Å². The topological polar surface area (TPSA) is 55.4 Å². The van der Waals surface area contributed by atoms with Crippen LogP contribution in [-0.2, 0) is 14.9 Å². The normalized spacial score (nSPS) is 11.3. The molecular weight excluding hydrogens is 278 g/mol. The van der Waals surface area contributed by atoms with Crippen LogP contribution in [0.1, 0.15) is 56.0 Å². The number of hydrogen-bond donors (Lipinski definition) is 1. The van der Waals surface area contributed by atoms with Gasteiger partial charge in [0, 0.05) is 38.7 Å². The molecule has 0 heterocycles. The Bertz CT molecular complexity index is 486. The van der Waals surface area contributed by atoms with E-state index < -0.39 is 0 Å². The fourth-order valence-electron chi connectivity index (χ4n) is 2.06. The third kappa shape index (κ3) is 6.39. The summed E-state index contributed by atoms with van der Waals surface area (Å²) < 4.78 is 4.91. The van der Waals surface area contributed by atoms with Crippen molar-refractivity contribution in [3.8, 4) is 0 Å². The van der Waals surface area contributed by atoms with Gasteiger partial charge in [-0.25, -0.2) is 0 Å². The van der Waals surface area contributed by atoms with Gasteiger partial charge in [-0.15, -0.1) is 0 Å². The van der Waals surface area contributed by atoms with Crippen molar-refractivity contribution in [2.45, 2.75) is 45.4 Å². The van der Waals surface area contributed by atoms with Crippen LogP contribution in [0, 0.1) is 0 Å². The zero-order valence-electron chi connectivity index (χ0n) is 14.1. The quantitative estimate of drug-likeness (QED) is 0.593. The zero-order chi connectivity index (χ0) is 16.6. The summed E-state index contributed by atoms with van der Waals surface area (Å²) >= 11 is 0. The average molecular weight is 305 g/mol. The number of rotatable bonds is 8. The number of hydrogen-bond acceptors (Lipinski definition) is 3. The minimum absolute atomic E-state index is 0.00695. The van der Waals surface area contributed by atoms with Gasteiger partial charge >= 0.3 is 0 Å². The molecule has 0 bridgehead atoms. The average Bonchev–Trinajstić information content (AvgIpc) is 2.48. The van der Waals surface area contributed by atoms with Crippen LogP contribution in [0.5, 0.6) is 0 Å². The van der Waals surface area contributed by atoms with Crippen LogP contribution in [0.4, 0.5) is 0 Å². The smallest absolute Gasteiger partial charge is 0.220 e. The van der Waals surface area contributed by atoms with Gasteiger partial charge in [-0.1, -0.05) is 45.0 Å². The van der Waals surface area contributed by atoms with E-state index in [0.717, 1.165) is 6.42 Å².